The molecule has 0 aliphatic heterocycles. The molecule has 0 N–H and O–H groups in total. The van der Waals surface area contributed by atoms with Gasteiger partial charge in [0.15, 0.2) is 5.52 Å². The molecule has 20 heavy (non-hydrogen) atoms. The minimum Gasteiger partial charge on any atom is -0.232 e. The number of hydrogen-bond acceptors (Lipinski definition) is 1. The van der Waals surface area contributed by atoms with Gasteiger partial charge in [-0.05, 0) is 42.9 Å². The van der Waals surface area contributed by atoms with Crippen LogP contribution in [0.3, 0.4) is 0 Å². The van der Waals surface area contributed by atoms with E-state index >= 15 is 0 Å². The van der Waals surface area contributed by atoms with Gasteiger partial charge in [0, 0.05) is 11.1 Å². The topological polar surface area (TPSA) is 16.8 Å². The Kier molecular flexibility index (Phi) is 3.01. The number of aryl methyl sites for hydroxylation is 3. The highest BCUT2D eigenvalue weighted by atomic mass is 15.0. The van der Waals surface area contributed by atoms with E-state index in [4.69, 9.17) is 0 Å². The highest BCUT2D eigenvalue weighted by Crippen LogP contribution is 2.29. The van der Waals surface area contributed by atoms with Gasteiger partial charge in [-0.3, -0.25) is 0 Å². The van der Waals surface area contributed by atoms with Crippen molar-refractivity contribution >= 4 is 10.9 Å². The van der Waals surface area contributed by atoms with E-state index in [1.165, 1.54) is 33.3 Å². The maximum absolute atomic E-state index is 4.58. The van der Waals surface area contributed by atoms with Crippen molar-refractivity contribution in [2.75, 3.05) is 0 Å². The van der Waals surface area contributed by atoms with Crippen molar-refractivity contribution < 1.29 is 4.57 Å². The lowest BCUT2D eigenvalue weighted by molar-refractivity contribution is -0.662. The second-order valence-corrected chi connectivity index (χ2v) is 5.42. The molecule has 0 bridgehead atoms. The maximum Gasteiger partial charge on any atom is 0.287 e. The van der Waals surface area contributed by atoms with Crippen LogP contribution in [0.1, 0.15) is 16.7 Å². The molecule has 0 unspecified atom stereocenters. The third-order valence-electron chi connectivity index (χ3n) is 4.07. The fourth-order valence-corrected chi connectivity index (χ4v) is 2.76. The molecule has 0 atom stereocenters. The highest BCUT2D eigenvalue weighted by molar-refractivity contribution is 5.93. The molecule has 3 aromatic rings. The largest absolute Gasteiger partial charge is 0.287 e. The Labute approximate surface area is 119 Å². The molecule has 2 nitrogen and oxygen atoms in total. The van der Waals surface area contributed by atoms with E-state index in [1.54, 1.807) is 0 Å². The quantitative estimate of drug-likeness (QED) is 0.612. The molecule has 0 aliphatic rings. The molecule has 0 saturated carbocycles. The first-order valence-electron chi connectivity index (χ1n) is 6.90. The van der Waals surface area contributed by atoms with Gasteiger partial charge < -0.3 is 0 Å². The van der Waals surface area contributed by atoms with Crippen molar-refractivity contribution in [2.24, 2.45) is 7.05 Å². The summed E-state index contributed by atoms with van der Waals surface area (Å²) in [4.78, 5) is 4.58. The zero-order valence-electron chi connectivity index (χ0n) is 12.4. The van der Waals surface area contributed by atoms with E-state index < -0.39 is 0 Å². The molecule has 2 aromatic carbocycles. The Morgan fingerprint density at radius 3 is 2.40 bits per heavy atom. The summed E-state index contributed by atoms with van der Waals surface area (Å²) in [6.45, 7) is 6.46. The molecule has 1 heterocycles. The second kappa shape index (κ2) is 4.71. The van der Waals surface area contributed by atoms with Gasteiger partial charge in [0.2, 0.25) is 0 Å². The SMILES string of the molecule is Cc1cccc(-c2c3cccc(C)c3nc[n+]2C)c1C. The standard InChI is InChI=1S/C18H19N2/c1-12-7-5-9-15(14(12)3)18-16-10-6-8-13(2)17(16)19-11-20(18)4/h5-11H,1-4H3/q+1. The lowest BCUT2D eigenvalue weighted by Crippen LogP contribution is -2.32. The van der Waals surface area contributed by atoms with E-state index in [0.717, 1.165) is 5.52 Å². The Balaban J connectivity index is 2.44. The van der Waals surface area contributed by atoms with Gasteiger partial charge in [-0.15, -0.1) is 0 Å². The van der Waals surface area contributed by atoms with E-state index in [-0.39, 0.29) is 0 Å². The first-order valence-corrected chi connectivity index (χ1v) is 6.90. The van der Waals surface area contributed by atoms with Crippen LogP contribution in [0.25, 0.3) is 22.2 Å². The average Bonchev–Trinajstić information content (AvgIpc) is 2.43. The molecule has 1 aromatic heterocycles. The molecule has 0 radical (unpaired) electrons. The lowest BCUT2D eigenvalue weighted by Gasteiger charge is -2.11. The van der Waals surface area contributed by atoms with Crippen LogP contribution in [0.4, 0.5) is 0 Å². The molecule has 0 aliphatic carbocycles. The molecule has 0 saturated heterocycles. The number of hydrogen-bond donors (Lipinski definition) is 0. The van der Waals surface area contributed by atoms with Crippen LogP contribution >= 0.6 is 0 Å². The number of aromatic nitrogens is 2. The van der Waals surface area contributed by atoms with E-state index in [2.05, 4.69) is 73.8 Å². The maximum atomic E-state index is 4.58. The number of nitrogens with zero attached hydrogens (tertiary/aromatic N) is 2. The summed E-state index contributed by atoms with van der Waals surface area (Å²) in [7, 11) is 2.06. The first-order chi connectivity index (χ1) is 9.59. The zero-order valence-corrected chi connectivity index (χ0v) is 12.4. The van der Waals surface area contributed by atoms with Gasteiger partial charge in [-0.1, -0.05) is 30.3 Å². The smallest absolute Gasteiger partial charge is 0.232 e. The second-order valence-electron chi connectivity index (χ2n) is 5.42. The number of rotatable bonds is 1. The molecular formula is C18H19N2+. The highest BCUT2D eigenvalue weighted by Gasteiger charge is 2.17. The normalized spacial score (nSPS) is 11.0. The summed E-state index contributed by atoms with van der Waals surface area (Å²) in [5.41, 5.74) is 7.47. The molecule has 0 spiro atoms. The fraction of sp³-hybridized carbons (Fsp3) is 0.222. The van der Waals surface area contributed by atoms with Crippen molar-refractivity contribution in [2.45, 2.75) is 20.8 Å². The zero-order chi connectivity index (χ0) is 14.3. The summed E-state index contributed by atoms with van der Waals surface area (Å²) in [6, 6.07) is 12.9. The lowest BCUT2D eigenvalue weighted by atomic mass is 9.97. The predicted molar refractivity (Wildman–Crippen MR) is 82.6 cm³/mol. The molecular weight excluding hydrogens is 244 g/mol. The van der Waals surface area contributed by atoms with Gasteiger partial charge in [-0.25, -0.2) is 4.57 Å². The van der Waals surface area contributed by atoms with Crippen molar-refractivity contribution in [1.82, 2.24) is 4.98 Å². The third kappa shape index (κ3) is 1.88. The van der Waals surface area contributed by atoms with E-state index in [1.807, 2.05) is 6.33 Å². The van der Waals surface area contributed by atoms with E-state index in [0.29, 0.717) is 0 Å². The van der Waals surface area contributed by atoms with Crippen LogP contribution in [-0.4, -0.2) is 4.98 Å². The Hall–Kier alpha value is -2.22. The first kappa shape index (κ1) is 12.8. The van der Waals surface area contributed by atoms with Gasteiger partial charge in [0.1, 0.15) is 5.69 Å². The van der Waals surface area contributed by atoms with Crippen LogP contribution < -0.4 is 4.57 Å². The minimum absolute atomic E-state index is 1.08. The fourth-order valence-electron chi connectivity index (χ4n) is 2.76. The Morgan fingerprint density at radius 2 is 1.60 bits per heavy atom. The molecule has 0 amide bonds. The van der Waals surface area contributed by atoms with Crippen LogP contribution in [0, 0.1) is 20.8 Å². The molecule has 2 heteroatoms. The van der Waals surface area contributed by atoms with Gasteiger partial charge in [-0.2, -0.15) is 0 Å². The van der Waals surface area contributed by atoms with Gasteiger partial charge >= 0.3 is 0 Å². The predicted octanol–water partition coefficient (Wildman–Crippen LogP) is 3.65. The van der Waals surface area contributed by atoms with Crippen molar-refractivity contribution in [3.8, 4) is 11.3 Å². The average molecular weight is 263 g/mol. The van der Waals surface area contributed by atoms with Crippen LogP contribution in [0.15, 0.2) is 42.7 Å². The Bertz CT molecular complexity index is 804. The summed E-state index contributed by atoms with van der Waals surface area (Å²) < 4.78 is 2.11. The summed E-state index contributed by atoms with van der Waals surface area (Å²) in [6.07, 6.45) is 1.91. The van der Waals surface area contributed by atoms with Gasteiger partial charge in [0.25, 0.3) is 6.33 Å². The summed E-state index contributed by atoms with van der Waals surface area (Å²) >= 11 is 0. The molecule has 0 fully saturated rings. The van der Waals surface area contributed by atoms with E-state index in [9.17, 15) is 0 Å². The van der Waals surface area contributed by atoms with Crippen molar-refractivity contribution in [3.63, 3.8) is 0 Å². The number of fused-ring (bicyclic) bond motifs is 1. The van der Waals surface area contributed by atoms with Crippen LogP contribution in [-0.2, 0) is 7.05 Å². The molecule has 100 valence electrons. The number of para-hydroxylation sites is 1. The van der Waals surface area contributed by atoms with Gasteiger partial charge in [0.05, 0.1) is 12.4 Å². The number of benzene rings is 2. The summed E-state index contributed by atoms with van der Waals surface area (Å²) in [5, 5.41) is 1.21. The third-order valence-corrected chi connectivity index (χ3v) is 4.07. The van der Waals surface area contributed by atoms with Crippen molar-refractivity contribution in [1.29, 1.82) is 0 Å². The Morgan fingerprint density at radius 1 is 0.900 bits per heavy atom. The molecule has 3 rings (SSSR count). The minimum atomic E-state index is 1.08. The van der Waals surface area contributed by atoms with Crippen LogP contribution in [0.5, 0.6) is 0 Å². The van der Waals surface area contributed by atoms with Crippen LogP contribution in [0.2, 0.25) is 0 Å². The summed E-state index contributed by atoms with van der Waals surface area (Å²) in [5.74, 6) is 0. The van der Waals surface area contributed by atoms with Crippen molar-refractivity contribution in [3.05, 3.63) is 59.4 Å². The monoisotopic (exact) mass is 263 g/mol.